The van der Waals surface area contributed by atoms with Crippen molar-refractivity contribution >= 4 is 22.4 Å². The Bertz CT molecular complexity index is 152. The molecule has 0 aromatic carbocycles. The molecule has 0 bridgehead atoms. The summed E-state index contributed by atoms with van der Waals surface area (Å²) in [5.41, 5.74) is 0. The Morgan fingerprint density at radius 2 is 1.25 bits per heavy atom. The predicted molar refractivity (Wildman–Crippen MR) is 46.0 cm³/mol. The van der Waals surface area contributed by atoms with E-state index in [0.29, 0.717) is 0 Å². The maximum atomic E-state index is 10.0. The fraction of sp³-hybridized carbons (Fsp3) is 0.714. The number of hydrogen-bond acceptors (Lipinski definition) is 3. The minimum absolute atomic E-state index is 0. The zero-order valence-corrected chi connectivity index (χ0v) is 9.53. The normalized spacial score (nSPS) is 7.75. The molecule has 5 heteroatoms. The molecule has 12 heavy (non-hydrogen) atoms. The van der Waals surface area contributed by atoms with Gasteiger partial charge in [0.2, 0.25) is 0 Å². The summed E-state index contributed by atoms with van der Waals surface area (Å²) in [5.74, 6) is -0.125. The molecule has 75 valence electrons. The van der Waals surface area contributed by atoms with Crippen molar-refractivity contribution in [3.05, 3.63) is 0 Å². The molecule has 0 spiro atoms. The molecule has 0 aromatic heterocycles. The van der Waals surface area contributed by atoms with Crippen molar-refractivity contribution < 1.29 is 30.6 Å². The first-order valence-corrected chi connectivity index (χ1v) is 5.06. The summed E-state index contributed by atoms with van der Waals surface area (Å²) in [6.07, 6.45) is 3.36. The van der Waals surface area contributed by atoms with Crippen molar-refractivity contribution in [3.63, 3.8) is 0 Å². The van der Waals surface area contributed by atoms with E-state index in [1.165, 1.54) is 13.8 Å². The van der Waals surface area contributed by atoms with Crippen LogP contribution in [-0.4, -0.2) is 28.3 Å². The molecule has 1 radical (unpaired) electrons. The van der Waals surface area contributed by atoms with Crippen molar-refractivity contribution in [3.8, 4) is 0 Å². The third kappa shape index (κ3) is 50.7. The van der Waals surface area contributed by atoms with Gasteiger partial charge < -0.3 is 0 Å². The van der Waals surface area contributed by atoms with Gasteiger partial charge in [0.25, 0.3) is 0 Å². The van der Waals surface area contributed by atoms with Gasteiger partial charge in [-0.3, -0.25) is 13.8 Å². The summed E-state index contributed by atoms with van der Waals surface area (Å²) < 4.78 is 9.56. The maximum Gasteiger partial charge on any atom is 0.137 e. The molecule has 0 fully saturated rings. The Labute approximate surface area is 86.0 Å². The summed E-state index contributed by atoms with van der Waals surface area (Å²) in [6.45, 7) is 2.81. The van der Waals surface area contributed by atoms with Gasteiger partial charge in [-0.2, -0.15) is 0 Å². The van der Waals surface area contributed by atoms with Crippen molar-refractivity contribution in [1.29, 1.82) is 0 Å². The molecule has 0 atom stereocenters. The molecular weight excluding hydrogens is 223 g/mol. The molecule has 0 aliphatic rings. The smallest absolute Gasteiger partial charge is 0.137 e. The molecule has 3 nitrogen and oxygen atoms in total. The maximum absolute atomic E-state index is 10.0. The number of carbonyl (C=O) groups is 2. The monoisotopic (exact) mass is 237 g/mol. The average molecular weight is 237 g/mol. The van der Waals surface area contributed by atoms with Gasteiger partial charge in [0.1, 0.15) is 11.6 Å². The van der Waals surface area contributed by atoms with E-state index in [1.54, 1.807) is 12.5 Å². The van der Waals surface area contributed by atoms with E-state index in [-0.39, 0.29) is 34.8 Å². The minimum Gasteiger partial charge on any atom is -0.300 e. The van der Waals surface area contributed by atoms with Crippen LogP contribution in [0.25, 0.3) is 0 Å². The van der Waals surface area contributed by atoms with Crippen LogP contribution in [-0.2, 0) is 37.2 Å². The third-order valence-corrected chi connectivity index (χ3v) is 0.498. The van der Waals surface area contributed by atoms with E-state index >= 15 is 0 Å². The molecule has 0 rings (SSSR count). The Morgan fingerprint density at radius 1 is 1.08 bits per heavy atom. The third-order valence-electron chi connectivity index (χ3n) is 0.498. The topological polar surface area (TPSA) is 51.2 Å². The average Bonchev–Trinajstić information content (AvgIpc) is 1.56. The van der Waals surface area contributed by atoms with Crippen LogP contribution in [0.2, 0.25) is 0 Å². The minimum atomic E-state index is -0.611. The largest absolute Gasteiger partial charge is 0.300 e. The Morgan fingerprint density at radius 3 is 1.25 bits per heavy atom. The quantitative estimate of drug-likeness (QED) is 0.659. The van der Waals surface area contributed by atoms with Crippen molar-refractivity contribution in [2.45, 2.75) is 20.3 Å². The summed E-state index contributed by atoms with van der Waals surface area (Å²) >= 11 is 0. The van der Waals surface area contributed by atoms with Gasteiger partial charge in [-0.1, -0.05) is 0 Å². The van der Waals surface area contributed by atoms with Crippen molar-refractivity contribution in [2.24, 2.45) is 0 Å². The summed E-state index contributed by atoms with van der Waals surface area (Å²) in [6, 6.07) is 0. The van der Waals surface area contributed by atoms with Gasteiger partial charge in [-0.05, 0) is 13.8 Å². The van der Waals surface area contributed by atoms with Gasteiger partial charge in [0, 0.05) is 40.1 Å². The molecule has 0 aliphatic carbocycles. The van der Waals surface area contributed by atoms with Gasteiger partial charge in [0.05, 0.1) is 6.42 Å². The zero-order chi connectivity index (χ0) is 9.44. The van der Waals surface area contributed by atoms with E-state index in [4.69, 9.17) is 0 Å². The number of Topliss-reactive ketones (excluding diaryl/α,β-unsaturated/α-hetero) is 2. The molecule has 0 saturated heterocycles. The van der Waals surface area contributed by atoms with E-state index in [1.807, 2.05) is 0 Å². The van der Waals surface area contributed by atoms with E-state index < -0.39 is 10.8 Å². The molecule has 0 heterocycles. The van der Waals surface area contributed by atoms with Crippen LogP contribution >= 0.6 is 0 Å². The van der Waals surface area contributed by atoms with Gasteiger partial charge in [0.15, 0.2) is 0 Å². The second-order valence-electron chi connectivity index (χ2n) is 2.32. The van der Waals surface area contributed by atoms with Crippen molar-refractivity contribution in [1.82, 2.24) is 0 Å². The summed E-state index contributed by atoms with van der Waals surface area (Å²) in [4.78, 5) is 20.1. The van der Waals surface area contributed by atoms with E-state index in [2.05, 4.69) is 0 Å². The molecule has 0 N–H and O–H groups in total. The van der Waals surface area contributed by atoms with Crippen LogP contribution in [0.15, 0.2) is 0 Å². The Hall–Kier alpha value is -0.00351. The second-order valence-corrected chi connectivity index (χ2v) is 3.81. The first kappa shape index (κ1) is 17.9. The van der Waals surface area contributed by atoms with Gasteiger partial charge >= 0.3 is 0 Å². The molecule has 0 saturated carbocycles. The number of rotatable bonds is 2. The zero-order valence-electron chi connectivity index (χ0n) is 7.67. The number of ketones is 2. The second kappa shape index (κ2) is 11.0. The SMILES string of the molecule is CC(=O)CC(C)=O.CS(C)=O.[Co]. The molecular formula is C7H14CoO3S. The predicted octanol–water partition coefficient (Wildman–Crippen LogP) is 0.547. The van der Waals surface area contributed by atoms with Crippen LogP contribution in [0.3, 0.4) is 0 Å². The van der Waals surface area contributed by atoms with Crippen LogP contribution in [0, 0.1) is 0 Å². The summed E-state index contributed by atoms with van der Waals surface area (Å²) in [5, 5.41) is 0. The molecule has 0 unspecified atom stereocenters. The van der Waals surface area contributed by atoms with E-state index in [9.17, 15) is 13.8 Å². The standard InChI is InChI=1S/C5H8O2.C2H6OS.Co/c1-4(6)3-5(2)7;1-4(2)3;/h3H2,1-2H3;1-2H3;. The van der Waals surface area contributed by atoms with Crippen molar-refractivity contribution in [2.75, 3.05) is 12.5 Å². The van der Waals surface area contributed by atoms with Crippen LogP contribution in [0.4, 0.5) is 0 Å². The first-order chi connectivity index (χ1) is 4.86. The van der Waals surface area contributed by atoms with E-state index in [0.717, 1.165) is 0 Å². The molecule has 0 aliphatic heterocycles. The number of hydrogen-bond donors (Lipinski definition) is 0. The van der Waals surface area contributed by atoms with Gasteiger partial charge in [-0.15, -0.1) is 0 Å². The Balaban J connectivity index is -0.000000142. The van der Waals surface area contributed by atoms with Crippen LogP contribution < -0.4 is 0 Å². The molecule has 0 aromatic rings. The fourth-order valence-electron chi connectivity index (χ4n) is 0.351. The molecule has 0 amide bonds. The van der Waals surface area contributed by atoms with Gasteiger partial charge in [-0.25, -0.2) is 0 Å². The number of carbonyl (C=O) groups excluding carboxylic acids is 2. The van der Waals surface area contributed by atoms with Crippen LogP contribution in [0.5, 0.6) is 0 Å². The fourth-order valence-corrected chi connectivity index (χ4v) is 0.351. The first-order valence-electron chi connectivity index (χ1n) is 3.10. The summed E-state index contributed by atoms with van der Waals surface area (Å²) in [7, 11) is -0.611. The van der Waals surface area contributed by atoms with Crippen LogP contribution in [0.1, 0.15) is 20.3 Å². The Kier molecular flexibility index (Phi) is 16.4.